The number of likely N-dealkylation sites (tertiary alicyclic amines) is 1. The van der Waals surface area contributed by atoms with Crippen LogP contribution in [0.15, 0.2) is 18.2 Å². The minimum absolute atomic E-state index is 0. The summed E-state index contributed by atoms with van der Waals surface area (Å²) in [5, 5.41) is 0. The van der Waals surface area contributed by atoms with E-state index < -0.39 is 5.82 Å². The third-order valence-corrected chi connectivity index (χ3v) is 3.17. The van der Waals surface area contributed by atoms with Crippen molar-refractivity contribution in [1.82, 2.24) is 4.90 Å². The highest BCUT2D eigenvalue weighted by atomic mass is 35.5. The Morgan fingerprint density at radius 2 is 2.22 bits per heavy atom. The standard InChI is InChI=1S/C13H17FN2O.ClH/c1-9-4-2-6-11(12(9)14)13(17)16-7-3-5-10(15)8-16;/h2,4,6,10H,3,5,7-8,15H2,1H3;1H. The van der Waals surface area contributed by atoms with E-state index in [0.29, 0.717) is 18.7 Å². The highest BCUT2D eigenvalue weighted by molar-refractivity contribution is 5.94. The quantitative estimate of drug-likeness (QED) is 0.851. The maximum Gasteiger partial charge on any atom is 0.256 e. The molecule has 1 amide bonds. The van der Waals surface area contributed by atoms with Crippen molar-refractivity contribution >= 4 is 18.3 Å². The zero-order valence-electron chi connectivity index (χ0n) is 10.4. The van der Waals surface area contributed by atoms with Crippen molar-refractivity contribution in [3.05, 3.63) is 35.1 Å². The lowest BCUT2D eigenvalue weighted by molar-refractivity contribution is 0.0704. The average molecular weight is 273 g/mol. The van der Waals surface area contributed by atoms with Gasteiger partial charge in [-0.15, -0.1) is 12.4 Å². The monoisotopic (exact) mass is 272 g/mol. The fourth-order valence-corrected chi connectivity index (χ4v) is 2.18. The van der Waals surface area contributed by atoms with Crippen molar-refractivity contribution in [2.75, 3.05) is 13.1 Å². The molecule has 0 aromatic heterocycles. The molecule has 1 unspecified atom stereocenters. The van der Waals surface area contributed by atoms with Crippen molar-refractivity contribution in [3.63, 3.8) is 0 Å². The molecule has 0 aliphatic carbocycles. The number of nitrogens with two attached hydrogens (primary N) is 1. The maximum absolute atomic E-state index is 13.8. The summed E-state index contributed by atoms with van der Waals surface area (Å²) in [7, 11) is 0. The zero-order valence-corrected chi connectivity index (χ0v) is 11.2. The van der Waals surface area contributed by atoms with E-state index in [9.17, 15) is 9.18 Å². The van der Waals surface area contributed by atoms with Gasteiger partial charge in [0.25, 0.3) is 5.91 Å². The molecule has 1 aliphatic heterocycles. The van der Waals surface area contributed by atoms with Crippen LogP contribution in [0.2, 0.25) is 0 Å². The lowest BCUT2D eigenvalue weighted by Crippen LogP contribution is -2.45. The third kappa shape index (κ3) is 3.00. The summed E-state index contributed by atoms with van der Waals surface area (Å²) in [5.41, 5.74) is 6.47. The Balaban J connectivity index is 0.00000162. The van der Waals surface area contributed by atoms with Gasteiger partial charge in [0.1, 0.15) is 5.82 Å². The van der Waals surface area contributed by atoms with E-state index >= 15 is 0 Å². The van der Waals surface area contributed by atoms with Gasteiger partial charge in [0.2, 0.25) is 0 Å². The van der Waals surface area contributed by atoms with Gasteiger partial charge in [0, 0.05) is 19.1 Å². The minimum Gasteiger partial charge on any atom is -0.337 e. The molecule has 2 N–H and O–H groups in total. The van der Waals surface area contributed by atoms with Gasteiger partial charge < -0.3 is 10.6 Å². The smallest absolute Gasteiger partial charge is 0.256 e. The van der Waals surface area contributed by atoms with Crippen LogP contribution in [0.25, 0.3) is 0 Å². The van der Waals surface area contributed by atoms with Crippen molar-refractivity contribution in [1.29, 1.82) is 0 Å². The van der Waals surface area contributed by atoms with Crippen LogP contribution in [0, 0.1) is 12.7 Å². The Kier molecular flexibility index (Phi) is 5.11. The van der Waals surface area contributed by atoms with Gasteiger partial charge in [-0.3, -0.25) is 4.79 Å². The number of rotatable bonds is 1. The average Bonchev–Trinajstić information content (AvgIpc) is 2.32. The van der Waals surface area contributed by atoms with Crippen molar-refractivity contribution in [3.8, 4) is 0 Å². The number of amides is 1. The molecule has 5 heteroatoms. The van der Waals surface area contributed by atoms with Crippen LogP contribution in [0.4, 0.5) is 4.39 Å². The van der Waals surface area contributed by atoms with Crippen LogP contribution in [-0.2, 0) is 0 Å². The number of piperidine rings is 1. The molecule has 0 radical (unpaired) electrons. The summed E-state index contributed by atoms with van der Waals surface area (Å²) in [6, 6.07) is 4.91. The first-order valence-corrected chi connectivity index (χ1v) is 5.89. The Hall–Kier alpha value is -1.13. The van der Waals surface area contributed by atoms with Gasteiger partial charge in [0.15, 0.2) is 0 Å². The topological polar surface area (TPSA) is 46.3 Å². The summed E-state index contributed by atoms with van der Waals surface area (Å²) >= 11 is 0. The van der Waals surface area contributed by atoms with Gasteiger partial charge in [-0.1, -0.05) is 12.1 Å². The molecule has 1 saturated heterocycles. The van der Waals surface area contributed by atoms with E-state index in [1.165, 1.54) is 6.07 Å². The summed E-state index contributed by atoms with van der Waals surface area (Å²) in [4.78, 5) is 13.8. The SMILES string of the molecule is Cc1cccc(C(=O)N2CCCC(N)C2)c1F.Cl. The predicted octanol–water partition coefficient (Wildman–Crippen LogP) is 2.12. The number of hydrogen-bond donors (Lipinski definition) is 1. The number of carbonyl (C=O) groups is 1. The Morgan fingerprint density at radius 3 is 2.89 bits per heavy atom. The van der Waals surface area contributed by atoms with E-state index in [4.69, 9.17) is 5.73 Å². The molecule has 1 aliphatic rings. The summed E-state index contributed by atoms with van der Waals surface area (Å²) in [5.74, 6) is -0.669. The maximum atomic E-state index is 13.8. The number of halogens is 2. The fourth-order valence-electron chi connectivity index (χ4n) is 2.18. The fraction of sp³-hybridized carbons (Fsp3) is 0.462. The van der Waals surface area contributed by atoms with E-state index in [1.807, 2.05) is 0 Å². The van der Waals surface area contributed by atoms with E-state index in [2.05, 4.69) is 0 Å². The number of aryl methyl sites for hydroxylation is 1. The molecule has 1 atom stereocenters. The molecule has 0 spiro atoms. The molecule has 1 heterocycles. The highest BCUT2D eigenvalue weighted by Gasteiger charge is 2.24. The lowest BCUT2D eigenvalue weighted by Gasteiger charge is -2.31. The van der Waals surface area contributed by atoms with Crippen molar-refractivity contribution in [2.24, 2.45) is 5.73 Å². The van der Waals surface area contributed by atoms with E-state index in [1.54, 1.807) is 24.0 Å². The third-order valence-electron chi connectivity index (χ3n) is 3.17. The predicted molar refractivity (Wildman–Crippen MR) is 71.5 cm³/mol. The second-order valence-corrected chi connectivity index (χ2v) is 4.59. The van der Waals surface area contributed by atoms with Crippen LogP contribution in [0.5, 0.6) is 0 Å². The first-order valence-electron chi connectivity index (χ1n) is 5.89. The highest BCUT2D eigenvalue weighted by Crippen LogP contribution is 2.17. The Labute approximate surface area is 113 Å². The molecule has 2 rings (SSSR count). The molecule has 1 fully saturated rings. The first kappa shape index (κ1) is 14.9. The molecule has 1 aromatic carbocycles. The second kappa shape index (κ2) is 6.16. The zero-order chi connectivity index (χ0) is 12.4. The van der Waals surface area contributed by atoms with Crippen molar-refractivity contribution < 1.29 is 9.18 Å². The minimum atomic E-state index is -0.420. The molecular formula is C13H18ClFN2O. The van der Waals surface area contributed by atoms with Gasteiger partial charge >= 0.3 is 0 Å². The molecule has 0 saturated carbocycles. The lowest BCUT2D eigenvalue weighted by atomic mass is 10.0. The molecule has 1 aromatic rings. The van der Waals surface area contributed by atoms with Crippen molar-refractivity contribution in [2.45, 2.75) is 25.8 Å². The van der Waals surface area contributed by atoms with Crippen LogP contribution < -0.4 is 5.73 Å². The molecule has 100 valence electrons. The molecule has 0 bridgehead atoms. The second-order valence-electron chi connectivity index (χ2n) is 4.59. The van der Waals surface area contributed by atoms with E-state index in [-0.39, 0.29) is 29.9 Å². The van der Waals surface area contributed by atoms with E-state index in [0.717, 1.165) is 12.8 Å². The van der Waals surface area contributed by atoms with Gasteiger partial charge in [-0.2, -0.15) is 0 Å². The summed E-state index contributed by atoms with van der Waals surface area (Å²) < 4.78 is 13.8. The van der Waals surface area contributed by atoms with Gasteiger partial charge in [0.05, 0.1) is 5.56 Å². The van der Waals surface area contributed by atoms with Gasteiger partial charge in [-0.05, 0) is 31.4 Å². The summed E-state index contributed by atoms with van der Waals surface area (Å²) in [6.07, 6.45) is 1.82. The Morgan fingerprint density at radius 1 is 1.50 bits per heavy atom. The number of benzene rings is 1. The first-order chi connectivity index (χ1) is 8.09. The number of carbonyl (C=O) groups excluding carboxylic acids is 1. The van der Waals surface area contributed by atoms with Gasteiger partial charge in [-0.25, -0.2) is 4.39 Å². The van der Waals surface area contributed by atoms with Crippen LogP contribution in [-0.4, -0.2) is 29.9 Å². The largest absolute Gasteiger partial charge is 0.337 e. The Bertz CT molecular complexity index is 439. The summed E-state index contributed by atoms with van der Waals surface area (Å²) in [6.45, 7) is 2.85. The molecule has 18 heavy (non-hydrogen) atoms. The number of hydrogen-bond acceptors (Lipinski definition) is 2. The normalized spacial score (nSPS) is 19.3. The van der Waals surface area contributed by atoms with Crippen LogP contribution >= 0.6 is 12.4 Å². The number of nitrogens with zero attached hydrogens (tertiary/aromatic N) is 1. The van der Waals surface area contributed by atoms with Crippen LogP contribution in [0.1, 0.15) is 28.8 Å². The molecular weight excluding hydrogens is 255 g/mol. The van der Waals surface area contributed by atoms with Crippen LogP contribution in [0.3, 0.4) is 0 Å². The molecule has 3 nitrogen and oxygen atoms in total.